The van der Waals surface area contributed by atoms with E-state index in [2.05, 4.69) is 0 Å². The van der Waals surface area contributed by atoms with Crippen molar-refractivity contribution in [3.05, 3.63) is 33.9 Å². The molecular formula is C14H19N3O3. The van der Waals surface area contributed by atoms with Gasteiger partial charge in [-0.1, -0.05) is 25.3 Å². The van der Waals surface area contributed by atoms with Crippen LogP contribution in [0.2, 0.25) is 0 Å². The van der Waals surface area contributed by atoms with Crippen LogP contribution in [0.5, 0.6) is 0 Å². The Morgan fingerprint density at radius 1 is 1.35 bits per heavy atom. The third-order valence-electron chi connectivity index (χ3n) is 3.92. The van der Waals surface area contributed by atoms with Crippen molar-refractivity contribution in [3.8, 4) is 0 Å². The molecule has 20 heavy (non-hydrogen) atoms. The van der Waals surface area contributed by atoms with E-state index in [1.807, 2.05) is 0 Å². The SMILES string of the molecule is CN(C(=O)c1cccc(N)c1[N+](=O)[O-])C1CCCCC1. The molecule has 1 aromatic carbocycles. The molecule has 1 fully saturated rings. The molecule has 0 spiro atoms. The lowest BCUT2D eigenvalue weighted by molar-refractivity contribution is -0.384. The van der Waals surface area contributed by atoms with Crippen molar-refractivity contribution in [2.75, 3.05) is 12.8 Å². The van der Waals surface area contributed by atoms with Crippen LogP contribution in [0.15, 0.2) is 18.2 Å². The average Bonchev–Trinajstić information content (AvgIpc) is 2.46. The molecule has 1 aromatic rings. The molecule has 1 aliphatic carbocycles. The van der Waals surface area contributed by atoms with E-state index in [1.165, 1.54) is 18.6 Å². The number of nitrogens with two attached hydrogens (primary N) is 1. The van der Waals surface area contributed by atoms with Gasteiger partial charge in [-0.3, -0.25) is 14.9 Å². The summed E-state index contributed by atoms with van der Waals surface area (Å²) in [6.45, 7) is 0. The Morgan fingerprint density at radius 3 is 2.60 bits per heavy atom. The number of nitro benzene ring substituents is 1. The number of hydrogen-bond acceptors (Lipinski definition) is 4. The van der Waals surface area contributed by atoms with Crippen LogP contribution in [0.4, 0.5) is 11.4 Å². The van der Waals surface area contributed by atoms with E-state index in [0.717, 1.165) is 25.7 Å². The van der Waals surface area contributed by atoms with Crippen LogP contribution in [0.3, 0.4) is 0 Å². The minimum Gasteiger partial charge on any atom is -0.393 e. The van der Waals surface area contributed by atoms with Gasteiger partial charge in [0.2, 0.25) is 0 Å². The maximum absolute atomic E-state index is 12.5. The zero-order valence-corrected chi connectivity index (χ0v) is 11.5. The molecule has 1 saturated carbocycles. The van der Waals surface area contributed by atoms with Crippen molar-refractivity contribution in [1.82, 2.24) is 4.90 Å². The third-order valence-corrected chi connectivity index (χ3v) is 3.92. The van der Waals surface area contributed by atoms with Crippen LogP contribution in [0.1, 0.15) is 42.5 Å². The maximum Gasteiger partial charge on any atom is 0.304 e. The van der Waals surface area contributed by atoms with Crippen molar-refractivity contribution in [3.63, 3.8) is 0 Å². The Hall–Kier alpha value is -2.11. The highest BCUT2D eigenvalue weighted by atomic mass is 16.6. The fourth-order valence-corrected chi connectivity index (χ4v) is 2.76. The molecule has 2 N–H and O–H groups in total. The molecule has 0 unspecified atom stereocenters. The summed E-state index contributed by atoms with van der Waals surface area (Å²) >= 11 is 0. The number of para-hydroxylation sites is 1. The number of benzene rings is 1. The fourth-order valence-electron chi connectivity index (χ4n) is 2.76. The highest BCUT2D eigenvalue weighted by Gasteiger charge is 2.29. The molecule has 1 aliphatic rings. The predicted molar refractivity (Wildman–Crippen MR) is 76.5 cm³/mol. The first-order valence-electron chi connectivity index (χ1n) is 6.82. The van der Waals surface area contributed by atoms with Crippen molar-refractivity contribution < 1.29 is 9.72 Å². The highest BCUT2D eigenvalue weighted by molar-refractivity contribution is 6.00. The Labute approximate surface area is 117 Å². The van der Waals surface area contributed by atoms with Gasteiger partial charge in [0.05, 0.1) is 4.92 Å². The molecule has 108 valence electrons. The van der Waals surface area contributed by atoms with E-state index in [4.69, 9.17) is 5.73 Å². The molecule has 0 bridgehead atoms. The second-order valence-electron chi connectivity index (χ2n) is 5.21. The van der Waals surface area contributed by atoms with Crippen LogP contribution in [-0.2, 0) is 0 Å². The number of nitrogens with zero attached hydrogens (tertiary/aromatic N) is 2. The lowest BCUT2D eigenvalue weighted by Crippen LogP contribution is -2.38. The normalized spacial score (nSPS) is 15.8. The Morgan fingerprint density at radius 2 is 2.00 bits per heavy atom. The predicted octanol–water partition coefficient (Wildman–Crippen LogP) is 2.58. The van der Waals surface area contributed by atoms with Gasteiger partial charge in [-0.25, -0.2) is 0 Å². The second-order valence-corrected chi connectivity index (χ2v) is 5.21. The van der Waals surface area contributed by atoms with Crippen LogP contribution in [0, 0.1) is 10.1 Å². The quantitative estimate of drug-likeness (QED) is 0.522. The average molecular weight is 277 g/mol. The van der Waals surface area contributed by atoms with Gasteiger partial charge in [-0.2, -0.15) is 0 Å². The first-order chi connectivity index (χ1) is 9.52. The summed E-state index contributed by atoms with van der Waals surface area (Å²) < 4.78 is 0. The molecule has 0 saturated heterocycles. The lowest BCUT2D eigenvalue weighted by atomic mass is 9.94. The monoisotopic (exact) mass is 277 g/mol. The molecule has 2 rings (SSSR count). The molecule has 6 nitrogen and oxygen atoms in total. The topological polar surface area (TPSA) is 89.5 Å². The molecule has 6 heteroatoms. The van der Waals surface area contributed by atoms with Gasteiger partial charge in [0.25, 0.3) is 5.91 Å². The second kappa shape index (κ2) is 5.90. The van der Waals surface area contributed by atoms with E-state index >= 15 is 0 Å². The number of hydrogen-bond donors (Lipinski definition) is 1. The number of anilines is 1. The number of carbonyl (C=O) groups excluding carboxylic acids is 1. The largest absolute Gasteiger partial charge is 0.393 e. The third kappa shape index (κ3) is 2.74. The van der Waals surface area contributed by atoms with Crippen LogP contribution >= 0.6 is 0 Å². The van der Waals surface area contributed by atoms with Gasteiger partial charge in [0.1, 0.15) is 11.3 Å². The van der Waals surface area contributed by atoms with Crippen LogP contribution < -0.4 is 5.73 Å². The van der Waals surface area contributed by atoms with E-state index in [9.17, 15) is 14.9 Å². The summed E-state index contributed by atoms with van der Waals surface area (Å²) in [7, 11) is 1.71. The Kier molecular flexibility index (Phi) is 4.22. The molecule has 0 aromatic heterocycles. The first-order valence-corrected chi connectivity index (χ1v) is 6.82. The van der Waals surface area contributed by atoms with E-state index in [-0.39, 0.29) is 28.9 Å². The summed E-state index contributed by atoms with van der Waals surface area (Å²) in [5.41, 5.74) is 5.43. The maximum atomic E-state index is 12.5. The number of nitrogen functional groups attached to an aromatic ring is 1. The molecule has 0 radical (unpaired) electrons. The zero-order chi connectivity index (χ0) is 14.7. The van der Waals surface area contributed by atoms with Gasteiger partial charge < -0.3 is 10.6 Å². The summed E-state index contributed by atoms with van der Waals surface area (Å²) in [5.74, 6) is -0.323. The Bertz CT molecular complexity index is 524. The smallest absolute Gasteiger partial charge is 0.304 e. The fraction of sp³-hybridized carbons (Fsp3) is 0.500. The minimum absolute atomic E-state index is 0.0258. The lowest BCUT2D eigenvalue weighted by Gasteiger charge is -2.31. The van der Waals surface area contributed by atoms with Crippen molar-refractivity contribution in [1.29, 1.82) is 0 Å². The molecule has 0 heterocycles. The molecule has 1 amide bonds. The summed E-state index contributed by atoms with van der Waals surface area (Å²) in [4.78, 5) is 24.6. The van der Waals surface area contributed by atoms with Gasteiger partial charge in [0, 0.05) is 13.1 Å². The molecular weight excluding hydrogens is 258 g/mol. The van der Waals surface area contributed by atoms with Crippen molar-refractivity contribution in [2.45, 2.75) is 38.1 Å². The van der Waals surface area contributed by atoms with E-state index in [1.54, 1.807) is 18.0 Å². The summed E-state index contributed by atoms with van der Waals surface area (Å²) in [5, 5.41) is 11.1. The number of rotatable bonds is 3. The number of amides is 1. The Balaban J connectivity index is 2.28. The minimum atomic E-state index is -0.586. The van der Waals surface area contributed by atoms with Gasteiger partial charge in [-0.15, -0.1) is 0 Å². The van der Waals surface area contributed by atoms with Gasteiger partial charge in [-0.05, 0) is 25.0 Å². The summed E-state index contributed by atoms with van der Waals surface area (Å²) in [6.07, 6.45) is 5.30. The van der Waals surface area contributed by atoms with E-state index < -0.39 is 4.92 Å². The highest BCUT2D eigenvalue weighted by Crippen LogP contribution is 2.29. The van der Waals surface area contributed by atoms with Gasteiger partial charge in [0.15, 0.2) is 0 Å². The van der Waals surface area contributed by atoms with Crippen LogP contribution in [0.25, 0.3) is 0 Å². The standard InChI is InChI=1S/C14H19N3O3/c1-16(10-6-3-2-4-7-10)14(18)11-8-5-9-12(15)13(11)17(19)20/h5,8-10H,2-4,6-7,15H2,1H3. The first kappa shape index (κ1) is 14.3. The summed E-state index contributed by atoms with van der Waals surface area (Å²) in [6, 6.07) is 4.65. The zero-order valence-electron chi connectivity index (χ0n) is 11.5. The van der Waals surface area contributed by atoms with Crippen molar-refractivity contribution >= 4 is 17.3 Å². The van der Waals surface area contributed by atoms with Crippen LogP contribution in [-0.4, -0.2) is 28.8 Å². The van der Waals surface area contributed by atoms with E-state index in [0.29, 0.717) is 0 Å². The molecule has 0 aliphatic heterocycles. The number of nitro groups is 1. The van der Waals surface area contributed by atoms with Crippen molar-refractivity contribution in [2.24, 2.45) is 0 Å². The number of carbonyl (C=O) groups is 1. The van der Waals surface area contributed by atoms with Gasteiger partial charge >= 0.3 is 5.69 Å². The molecule has 0 atom stereocenters.